The van der Waals surface area contributed by atoms with Crippen molar-refractivity contribution in [2.24, 2.45) is 17.3 Å². The van der Waals surface area contributed by atoms with Gasteiger partial charge in [0.15, 0.2) is 0 Å². The second-order valence-corrected chi connectivity index (χ2v) is 8.73. The molecule has 2 amide bonds. The van der Waals surface area contributed by atoms with Gasteiger partial charge in [-0.3, -0.25) is 9.59 Å². The molecule has 152 valence electrons. The van der Waals surface area contributed by atoms with Crippen molar-refractivity contribution in [3.05, 3.63) is 53.9 Å². The highest BCUT2D eigenvalue weighted by Gasteiger charge is 2.50. The lowest BCUT2D eigenvalue weighted by Crippen LogP contribution is -2.48. The zero-order valence-corrected chi connectivity index (χ0v) is 17.2. The molecule has 0 radical (unpaired) electrons. The normalized spacial score (nSPS) is 21.7. The van der Waals surface area contributed by atoms with Crippen LogP contribution in [0, 0.1) is 17.3 Å². The van der Waals surface area contributed by atoms with E-state index in [4.69, 9.17) is 0 Å². The number of benzene rings is 1. The van der Waals surface area contributed by atoms with Gasteiger partial charge in [0.1, 0.15) is 0 Å². The average Bonchev–Trinajstić information content (AvgIpc) is 3.15. The van der Waals surface area contributed by atoms with Gasteiger partial charge in [-0.15, -0.1) is 0 Å². The maximum absolute atomic E-state index is 12.5. The maximum Gasteiger partial charge on any atom is 0.251 e. The Labute approximate surface area is 171 Å². The monoisotopic (exact) mass is 392 g/mol. The van der Waals surface area contributed by atoms with Gasteiger partial charge in [0.05, 0.1) is 23.8 Å². The summed E-state index contributed by atoms with van der Waals surface area (Å²) >= 11 is 0. The lowest BCUT2D eigenvalue weighted by molar-refractivity contribution is -0.114. The topological polar surface area (TPSA) is 76.0 Å². The molecule has 5 rings (SSSR count). The van der Waals surface area contributed by atoms with E-state index >= 15 is 0 Å². The summed E-state index contributed by atoms with van der Waals surface area (Å²) in [6, 6.07) is 7.29. The van der Waals surface area contributed by atoms with Crippen LogP contribution in [0.15, 0.2) is 48.3 Å². The Morgan fingerprint density at radius 2 is 2.00 bits per heavy atom. The van der Waals surface area contributed by atoms with Crippen LogP contribution in [-0.4, -0.2) is 28.1 Å². The van der Waals surface area contributed by atoms with Crippen molar-refractivity contribution in [2.45, 2.75) is 40.0 Å². The van der Waals surface area contributed by atoms with Gasteiger partial charge in [-0.2, -0.15) is 5.10 Å². The van der Waals surface area contributed by atoms with E-state index < -0.39 is 0 Å². The number of nitrogens with zero attached hydrogens (tertiary/aromatic N) is 2. The van der Waals surface area contributed by atoms with Crippen molar-refractivity contribution in [1.29, 1.82) is 0 Å². The lowest BCUT2D eigenvalue weighted by atomic mass is 9.48. The summed E-state index contributed by atoms with van der Waals surface area (Å²) in [5, 5.41) is 9.97. The number of carbonyl (C=O) groups is 2. The number of hydrogen-bond donors (Lipinski definition) is 2. The number of fused-ring (bicyclic) bond motifs is 1. The molecule has 6 heteroatoms. The molecule has 1 saturated carbocycles. The van der Waals surface area contributed by atoms with Crippen LogP contribution in [0.25, 0.3) is 5.69 Å². The highest BCUT2D eigenvalue weighted by molar-refractivity contribution is 5.94. The molecule has 0 spiro atoms. The van der Waals surface area contributed by atoms with Crippen LogP contribution in [0.4, 0.5) is 5.69 Å². The number of amides is 2. The van der Waals surface area contributed by atoms with E-state index in [0.29, 0.717) is 29.1 Å². The van der Waals surface area contributed by atoms with Crippen molar-refractivity contribution in [3.8, 4) is 5.69 Å². The first-order valence-corrected chi connectivity index (χ1v) is 10.2. The van der Waals surface area contributed by atoms with Crippen LogP contribution < -0.4 is 10.6 Å². The highest BCUT2D eigenvalue weighted by Crippen LogP contribution is 2.59. The van der Waals surface area contributed by atoms with Crippen molar-refractivity contribution >= 4 is 17.5 Å². The summed E-state index contributed by atoms with van der Waals surface area (Å²) in [6.07, 6.45) is 9.15. The Morgan fingerprint density at radius 1 is 1.24 bits per heavy atom. The Kier molecular flexibility index (Phi) is 5.03. The zero-order chi connectivity index (χ0) is 20.6. The number of hydrogen-bond acceptors (Lipinski definition) is 3. The van der Waals surface area contributed by atoms with Crippen molar-refractivity contribution in [2.75, 3.05) is 11.9 Å². The third-order valence-electron chi connectivity index (χ3n) is 6.58. The van der Waals surface area contributed by atoms with E-state index in [2.05, 4.69) is 35.7 Å². The fraction of sp³-hybridized carbons (Fsp3) is 0.435. The molecular weight excluding hydrogens is 364 g/mol. The molecule has 2 aromatic rings. The summed E-state index contributed by atoms with van der Waals surface area (Å²) < 4.78 is 1.66. The van der Waals surface area contributed by atoms with E-state index in [1.54, 1.807) is 29.2 Å². The molecule has 0 saturated heterocycles. The highest BCUT2D eigenvalue weighted by atomic mass is 16.2. The van der Waals surface area contributed by atoms with Gasteiger partial charge in [-0.1, -0.05) is 25.5 Å². The van der Waals surface area contributed by atoms with E-state index in [1.165, 1.54) is 25.3 Å². The second-order valence-electron chi connectivity index (χ2n) is 8.73. The fourth-order valence-corrected chi connectivity index (χ4v) is 4.68. The van der Waals surface area contributed by atoms with Gasteiger partial charge in [0.25, 0.3) is 5.91 Å². The number of carbonyl (C=O) groups excluding carboxylic acids is 2. The first kappa shape index (κ1) is 19.4. The zero-order valence-electron chi connectivity index (χ0n) is 17.2. The van der Waals surface area contributed by atoms with Crippen molar-refractivity contribution < 1.29 is 9.59 Å². The molecule has 2 bridgehead atoms. The van der Waals surface area contributed by atoms with Crippen LogP contribution in [0.1, 0.15) is 50.4 Å². The Hall–Kier alpha value is -2.89. The van der Waals surface area contributed by atoms with Crippen LogP contribution in [0.2, 0.25) is 0 Å². The van der Waals surface area contributed by atoms with Crippen LogP contribution in [-0.2, 0) is 4.79 Å². The minimum atomic E-state index is -0.138. The summed E-state index contributed by atoms with van der Waals surface area (Å²) in [4.78, 5) is 23.6. The van der Waals surface area contributed by atoms with Gasteiger partial charge in [0, 0.05) is 19.0 Å². The lowest BCUT2D eigenvalue weighted by Gasteiger charge is -2.56. The standard InChI is InChI=1S/C23H28N4O2/c1-15(28)26-19-13-25-27(14-19)20-8-5-17(6-9-20)22(29)24-11-10-16-4-7-18-12-21(16)23(18,2)3/h4-6,8-9,13-14,18,21H,7,10-12H2,1-3H3,(H,24,29)(H,26,28)/t18-,21-/m0/s1. The predicted octanol–water partition coefficient (Wildman–Crippen LogP) is 3.94. The molecule has 29 heavy (non-hydrogen) atoms. The molecular formula is C23H28N4O2. The smallest absolute Gasteiger partial charge is 0.251 e. The van der Waals surface area contributed by atoms with Crippen LogP contribution in [0.5, 0.6) is 0 Å². The summed E-state index contributed by atoms with van der Waals surface area (Å²) in [5.74, 6) is 1.33. The molecule has 3 aliphatic carbocycles. The summed E-state index contributed by atoms with van der Waals surface area (Å²) in [7, 11) is 0. The summed E-state index contributed by atoms with van der Waals surface area (Å²) in [6.45, 7) is 6.87. The summed E-state index contributed by atoms with van der Waals surface area (Å²) in [5.41, 5.74) is 4.03. The van der Waals surface area contributed by atoms with Gasteiger partial charge >= 0.3 is 0 Å². The molecule has 1 fully saturated rings. The van der Waals surface area contributed by atoms with Crippen LogP contribution in [0.3, 0.4) is 0 Å². The van der Waals surface area contributed by atoms with Gasteiger partial charge in [0.2, 0.25) is 5.91 Å². The van der Waals surface area contributed by atoms with E-state index in [-0.39, 0.29) is 11.8 Å². The van der Waals surface area contributed by atoms with Crippen molar-refractivity contribution in [3.63, 3.8) is 0 Å². The van der Waals surface area contributed by atoms with Crippen LogP contribution >= 0.6 is 0 Å². The largest absolute Gasteiger partial charge is 0.352 e. The molecule has 1 aromatic carbocycles. The first-order chi connectivity index (χ1) is 13.8. The molecule has 0 unspecified atom stereocenters. The Bertz CT molecular complexity index is 956. The number of rotatable bonds is 6. The minimum Gasteiger partial charge on any atom is -0.352 e. The SMILES string of the molecule is CC(=O)Nc1cnn(-c2ccc(C(=O)NCCC3=CC[C@H]4C[C@@H]3C4(C)C)cc2)c1. The molecule has 0 aliphatic heterocycles. The Morgan fingerprint density at radius 3 is 2.66 bits per heavy atom. The van der Waals surface area contributed by atoms with E-state index in [0.717, 1.165) is 18.0 Å². The first-order valence-electron chi connectivity index (χ1n) is 10.2. The number of anilines is 1. The number of aromatic nitrogens is 2. The van der Waals surface area contributed by atoms with Gasteiger partial charge in [-0.25, -0.2) is 4.68 Å². The molecule has 1 aromatic heterocycles. The fourth-order valence-electron chi connectivity index (χ4n) is 4.68. The average molecular weight is 393 g/mol. The van der Waals surface area contributed by atoms with Gasteiger partial charge in [-0.05, 0) is 60.8 Å². The minimum absolute atomic E-state index is 0.0573. The molecule has 1 heterocycles. The molecule has 3 aliphatic rings. The molecule has 2 N–H and O–H groups in total. The van der Waals surface area contributed by atoms with Gasteiger partial charge < -0.3 is 10.6 Å². The quantitative estimate of drug-likeness (QED) is 0.731. The molecule has 2 atom stereocenters. The second kappa shape index (κ2) is 7.50. The Balaban J connectivity index is 1.31. The number of nitrogens with one attached hydrogen (secondary N) is 2. The number of allylic oxidation sites excluding steroid dienone is 1. The third-order valence-corrected chi connectivity index (χ3v) is 6.58. The van der Waals surface area contributed by atoms with E-state index in [1.807, 2.05) is 12.1 Å². The molecule has 6 nitrogen and oxygen atoms in total. The van der Waals surface area contributed by atoms with Crippen molar-refractivity contribution in [1.82, 2.24) is 15.1 Å². The maximum atomic E-state index is 12.5. The third kappa shape index (κ3) is 3.84. The van der Waals surface area contributed by atoms with E-state index in [9.17, 15) is 9.59 Å². The predicted molar refractivity (Wildman–Crippen MR) is 113 cm³/mol.